The molecule has 3 rings (SSSR count). The van der Waals surface area contributed by atoms with Crippen molar-refractivity contribution in [3.63, 3.8) is 0 Å². The molecular weight excluding hydrogens is 231 g/mol. The zero-order valence-electron chi connectivity index (χ0n) is 9.57. The second-order valence-corrected chi connectivity index (χ2v) is 3.91. The van der Waals surface area contributed by atoms with Gasteiger partial charge in [-0.25, -0.2) is 14.4 Å². The van der Waals surface area contributed by atoms with Gasteiger partial charge in [0.25, 0.3) is 0 Å². The molecular formula is C13H11FN4. The van der Waals surface area contributed by atoms with E-state index in [0.29, 0.717) is 6.67 Å². The first-order valence-corrected chi connectivity index (χ1v) is 5.58. The van der Waals surface area contributed by atoms with Gasteiger partial charge in [0, 0.05) is 6.20 Å². The summed E-state index contributed by atoms with van der Waals surface area (Å²) in [5.41, 5.74) is 0.853. The maximum absolute atomic E-state index is 12.8. The lowest BCUT2D eigenvalue weighted by atomic mass is 10.3. The third kappa shape index (κ3) is 2.02. The van der Waals surface area contributed by atoms with Gasteiger partial charge in [0.05, 0.1) is 5.69 Å². The molecule has 0 fully saturated rings. The van der Waals surface area contributed by atoms with Crippen LogP contribution in [0.15, 0.2) is 53.8 Å². The molecule has 0 unspecified atom stereocenters. The molecule has 0 amide bonds. The van der Waals surface area contributed by atoms with Crippen molar-refractivity contribution in [3.8, 4) is 0 Å². The highest BCUT2D eigenvalue weighted by Gasteiger charge is 2.17. The number of pyridine rings is 1. The zero-order valence-corrected chi connectivity index (χ0v) is 9.57. The van der Waals surface area contributed by atoms with Crippen molar-refractivity contribution < 1.29 is 4.39 Å². The number of rotatable bonds is 2. The Morgan fingerprint density at radius 1 is 1.06 bits per heavy atom. The molecule has 0 saturated carbocycles. The fourth-order valence-corrected chi connectivity index (χ4v) is 1.76. The standard InChI is InChI=1S/C13H11FN4/c14-11-4-6-12(7-5-11)18-10-17(9-16-18)13-3-1-2-8-15-13/h1-9H,10H2. The lowest BCUT2D eigenvalue weighted by Gasteiger charge is -2.18. The minimum Gasteiger partial charge on any atom is -0.295 e. The second-order valence-electron chi connectivity index (χ2n) is 3.91. The Morgan fingerprint density at radius 2 is 1.89 bits per heavy atom. The number of halogens is 1. The molecule has 4 nitrogen and oxygen atoms in total. The summed E-state index contributed by atoms with van der Waals surface area (Å²) in [5, 5.41) is 6.05. The summed E-state index contributed by atoms with van der Waals surface area (Å²) in [6, 6.07) is 12.0. The second kappa shape index (κ2) is 4.44. The fraction of sp³-hybridized carbons (Fsp3) is 0.0769. The summed E-state index contributed by atoms with van der Waals surface area (Å²) in [7, 11) is 0. The van der Waals surface area contributed by atoms with E-state index in [1.165, 1.54) is 12.1 Å². The van der Waals surface area contributed by atoms with Gasteiger partial charge in [-0.05, 0) is 36.4 Å². The quantitative estimate of drug-likeness (QED) is 0.810. The zero-order chi connectivity index (χ0) is 12.4. The summed E-state index contributed by atoms with van der Waals surface area (Å²) < 4.78 is 12.8. The average molecular weight is 242 g/mol. The molecule has 1 aliphatic rings. The van der Waals surface area contributed by atoms with Crippen LogP contribution in [0.3, 0.4) is 0 Å². The third-order valence-corrected chi connectivity index (χ3v) is 2.68. The van der Waals surface area contributed by atoms with Crippen LogP contribution in [0.4, 0.5) is 15.9 Å². The molecule has 0 atom stereocenters. The number of aromatic nitrogens is 1. The van der Waals surface area contributed by atoms with Crippen molar-refractivity contribution >= 4 is 17.8 Å². The van der Waals surface area contributed by atoms with Crippen molar-refractivity contribution in [2.24, 2.45) is 5.10 Å². The number of benzene rings is 1. The monoisotopic (exact) mass is 242 g/mol. The smallest absolute Gasteiger partial charge is 0.135 e. The van der Waals surface area contributed by atoms with Crippen LogP contribution in [0.25, 0.3) is 0 Å². The van der Waals surface area contributed by atoms with Crippen molar-refractivity contribution in [1.82, 2.24) is 4.98 Å². The molecule has 0 bridgehead atoms. The van der Waals surface area contributed by atoms with Gasteiger partial charge in [0.1, 0.15) is 24.6 Å². The van der Waals surface area contributed by atoms with Gasteiger partial charge in [-0.3, -0.25) is 4.90 Å². The topological polar surface area (TPSA) is 31.7 Å². The SMILES string of the molecule is Fc1ccc(N2CN(c3ccccn3)C=N2)cc1. The van der Waals surface area contributed by atoms with Gasteiger partial charge in [0.15, 0.2) is 0 Å². The van der Waals surface area contributed by atoms with Gasteiger partial charge in [-0.1, -0.05) is 6.07 Å². The first-order chi connectivity index (χ1) is 8.83. The molecule has 0 radical (unpaired) electrons. The van der Waals surface area contributed by atoms with Crippen LogP contribution in [0, 0.1) is 5.82 Å². The predicted octanol–water partition coefficient (Wildman–Crippen LogP) is 2.45. The Kier molecular flexibility index (Phi) is 2.64. The third-order valence-electron chi connectivity index (χ3n) is 2.68. The number of hydrogen-bond donors (Lipinski definition) is 0. The molecule has 1 aliphatic heterocycles. The molecule has 90 valence electrons. The number of nitrogens with zero attached hydrogens (tertiary/aromatic N) is 4. The van der Waals surface area contributed by atoms with Gasteiger partial charge < -0.3 is 0 Å². The van der Waals surface area contributed by atoms with E-state index in [1.807, 2.05) is 23.1 Å². The highest BCUT2D eigenvalue weighted by Crippen LogP contribution is 2.20. The van der Waals surface area contributed by atoms with Crippen LogP contribution in [0.1, 0.15) is 0 Å². The van der Waals surface area contributed by atoms with E-state index in [2.05, 4.69) is 10.1 Å². The van der Waals surface area contributed by atoms with E-state index in [4.69, 9.17) is 0 Å². The molecule has 1 aromatic heterocycles. The normalized spacial score (nSPS) is 14.3. The lowest BCUT2D eigenvalue weighted by Crippen LogP contribution is -2.26. The maximum atomic E-state index is 12.8. The van der Waals surface area contributed by atoms with E-state index >= 15 is 0 Å². The van der Waals surface area contributed by atoms with Crippen molar-refractivity contribution in [2.45, 2.75) is 0 Å². The minimum atomic E-state index is -0.247. The Bertz CT molecular complexity index is 553. The molecule has 5 heteroatoms. The molecule has 0 saturated heterocycles. The first-order valence-electron chi connectivity index (χ1n) is 5.58. The van der Waals surface area contributed by atoms with E-state index in [9.17, 15) is 4.39 Å². The Balaban J connectivity index is 1.77. The largest absolute Gasteiger partial charge is 0.295 e. The van der Waals surface area contributed by atoms with Crippen LogP contribution < -0.4 is 9.91 Å². The van der Waals surface area contributed by atoms with Crippen LogP contribution in [0.2, 0.25) is 0 Å². The summed E-state index contributed by atoms with van der Waals surface area (Å²) in [5.74, 6) is 0.592. The minimum absolute atomic E-state index is 0.247. The molecule has 18 heavy (non-hydrogen) atoms. The summed E-state index contributed by atoms with van der Waals surface area (Å²) in [4.78, 5) is 6.17. The summed E-state index contributed by atoms with van der Waals surface area (Å²) in [6.45, 7) is 0.572. The Hall–Kier alpha value is -2.43. The van der Waals surface area contributed by atoms with Crippen molar-refractivity contribution in [3.05, 3.63) is 54.5 Å². The number of anilines is 2. The Morgan fingerprint density at radius 3 is 2.61 bits per heavy atom. The lowest BCUT2D eigenvalue weighted by molar-refractivity contribution is 0.627. The number of hydrazone groups is 1. The average Bonchev–Trinajstić information content (AvgIpc) is 2.90. The molecule has 0 spiro atoms. The predicted molar refractivity (Wildman–Crippen MR) is 69.0 cm³/mol. The van der Waals surface area contributed by atoms with E-state index < -0.39 is 0 Å². The van der Waals surface area contributed by atoms with Crippen molar-refractivity contribution in [2.75, 3.05) is 16.6 Å². The van der Waals surface area contributed by atoms with Gasteiger partial charge >= 0.3 is 0 Å². The maximum Gasteiger partial charge on any atom is 0.135 e. The highest BCUT2D eigenvalue weighted by atomic mass is 19.1. The summed E-state index contributed by atoms with van der Waals surface area (Å²) in [6.07, 6.45) is 3.45. The van der Waals surface area contributed by atoms with Crippen LogP contribution >= 0.6 is 0 Å². The van der Waals surface area contributed by atoms with E-state index in [-0.39, 0.29) is 5.82 Å². The molecule has 1 aromatic carbocycles. The summed E-state index contributed by atoms with van der Waals surface area (Å²) >= 11 is 0. The first kappa shape index (κ1) is 10.7. The van der Waals surface area contributed by atoms with Crippen LogP contribution in [0.5, 0.6) is 0 Å². The molecule has 0 aliphatic carbocycles. The molecule has 0 N–H and O–H groups in total. The van der Waals surface area contributed by atoms with Crippen LogP contribution in [-0.2, 0) is 0 Å². The van der Waals surface area contributed by atoms with E-state index in [0.717, 1.165) is 11.5 Å². The molecule has 2 aromatic rings. The van der Waals surface area contributed by atoms with Gasteiger partial charge in [0.2, 0.25) is 0 Å². The molecule has 2 heterocycles. The van der Waals surface area contributed by atoms with E-state index in [1.54, 1.807) is 29.7 Å². The van der Waals surface area contributed by atoms with Gasteiger partial charge in [-0.15, -0.1) is 0 Å². The van der Waals surface area contributed by atoms with Gasteiger partial charge in [-0.2, -0.15) is 5.10 Å². The Labute approximate surface area is 104 Å². The fourth-order valence-electron chi connectivity index (χ4n) is 1.76. The number of hydrogen-bond acceptors (Lipinski definition) is 4. The van der Waals surface area contributed by atoms with Crippen LogP contribution in [-0.4, -0.2) is 18.0 Å². The van der Waals surface area contributed by atoms with Crippen molar-refractivity contribution in [1.29, 1.82) is 0 Å². The highest BCUT2D eigenvalue weighted by molar-refractivity contribution is 5.81.